The fraction of sp³-hybridized carbons (Fsp3) is 0.0952. The molecule has 1 amide bonds. The second-order valence-corrected chi connectivity index (χ2v) is 6.08. The summed E-state index contributed by atoms with van der Waals surface area (Å²) in [6.45, 7) is 2.54. The molecule has 3 aromatic carbocycles. The Bertz CT molecular complexity index is 1070. The van der Waals surface area contributed by atoms with Crippen LogP contribution in [-0.4, -0.2) is 15.9 Å². The summed E-state index contributed by atoms with van der Waals surface area (Å²) >= 11 is 0. The molecular formula is C21H17N3O. The van der Waals surface area contributed by atoms with Crippen LogP contribution in [0.1, 0.15) is 21.5 Å². The number of amides is 1. The average Bonchev–Trinajstić information content (AvgIpc) is 2.65. The molecule has 4 aromatic rings. The van der Waals surface area contributed by atoms with Gasteiger partial charge in [0.1, 0.15) is 0 Å². The van der Waals surface area contributed by atoms with E-state index in [2.05, 4.69) is 15.3 Å². The molecule has 0 aliphatic heterocycles. The molecule has 122 valence electrons. The number of carbonyl (C=O) groups excluding carboxylic acids is 1. The number of nitrogens with zero attached hydrogens (tertiary/aromatic N) is 2. The van der Waals surface area contributed by atoms with E-state index in [-0.39, 0.29) is 5.91 Å². The molecule has 0 unspecified atom stereocenters. The number of fused-ring (bicyclic) bond motifs is 2. The van der Waals surface area contributed by atoms with Gasteiger partial charge in [0.2, 0.25) is 0 Å². The van der Waals surface area contributed by atoms with Crippen molar-refractivity contribution in [1.82, 2.24) is 15.3 Å². The molecule has 25 heavy (non-hydrogen) atoms. The van der Waals surface area contributed by atoms with E-state index >= 15 is 0 Å². The summed E-state index contributed by atoms with van der Waals surface area (Å²) in [6.07, 6.45) is 0. The summed E-state index contributed by atoms with van der Waals surface area (Å²) in [5.74, 6) is -0.113. The van der Waals surface area contributed by atoms with Crippen LogP contribution in [0.5, 0.6) is 0 Å². The first-order chi connectivity index (χ1) is 12.2. The first-order valence-electron chi connectivity index (χ1n) is 8.19. The third-order valence-corrected chi connectivity index (χ3v) is 4.17. The van der Waals surface area contributed by atoms with Crippen LogP contribution in [0.25, 0.3) is 22.1 Å². The van der Waals surface area contributed by atoms with Crippen LogP contribution < -0.4 is 5.32 Å². The van der Waals surface area contributed by atoms with Crippen LogP contribution in [0.4, 0.5) is 0 Å². The number of nitrogens with one attached hydrogen (secondary N) is 1. The summed E-state index contributed by atoms with van der Waals surface area (Å²) in [5.41, 5.74) is 6.05. The summed E-state index contributed by atoms with van der Waals surface area (Å²) in [5, 5.41) is 2.95. The van der Waals surface area contributed by atoms with E-state index in [4.69, 9.17) is 0 Å². The van der Waals surface area contributed by atoms with Gasteiger partial charge in [-0.15, -0.1) is 0 Å². The zero-order valence-corrected chi connectivity index (χ0v) is 13.9. The van der Waals surface area contributed by atoms with Crippen molar-refractivity contribution in [1.29, 1.82) is 0 Å². The van der Waals surface area contributed by atoms with Gasteiger partial charge in [-0.05, 0) is 42.8 Å². The Morgan fingerprint density at radius 2 is 1.48 bits per heavy atom. The molecular weight excluding hydrogens is 310 g/mol. The lowest BCUT2D eigenvalue weighted by Crippen LogP contribution is -2.22. The molecule has 1 heterocycles. The van der Waals surface area contributed by atoms with Crippen molar-refractivity contribution in [2.45, 2.75) is 13.5 Å². The summed E-state index contributed by atoms with van der Waals surface area (Å²) < 4.78 is 0. The Kier molecular flexibility index (Phi) is 3.86. The van der Waals surface area contributed by atoms with Gasteiger partial charge in [0, 0.05) is 12.1 Å². The topological polar surface area (TPSA) is 54.9 Å². The zero-order chi connectivity index (χ0) is 17.2. The number of carbonyl (C=O) groups is 1. The van der Waals surface area contributed by atoms with Gasteiger partial charge in [0.25, 0.3) is 5.91 Å². The lowest BCUT2D eigenvalue weighted by Gasteiger charge is -2.07. The van der Waals surface area contributed by atoms with Crippen molar-refractivity contribution in [2.24, 2.45) is 0 Å². The van der Waals surface area contributed by atoms with Gasteiger partial charge in [0.05, 0.1) is 22.1 Å². The van der Waals surface area contributed by atoms with Gasteiger partial charge in [-0.2, -0.15) is 0 Å². The van der Waals surface area contributed by atoms with E-state index in [9.17, 15) is 4.79 Å². The highest BCUT2D eigenvalue weighted by atomic mass is 16.1. The smallest absolute Gasteiger partial charge is 0.251 e. The quantitative estimate of drug-likeness (QED) is 0.578. The number of hydrogen-bond donors (Lipinski definition) is 1. The highest BCUT2D eigenvalue weighted by Gasteiger charge is 2.08. The average molecular weight is 327 g/mol. The maximum atomic E-state index is 12.4. The molecule has 1 N–H and O–H groups in total. The molecule has 1 aromatic heterocycles. The minimum absolute atomic E-state index is 0.113. The fourth-order valence-corrected chi connectivity index (χ4v) is 2.75. The molecule has 0 fully saturated rings. The van der Waals surface area contributed by atoms with Crippen molar-refractivity contribution in [3.8, 4) is 0 Å². The molecule has 4 nitrogen and oxygen atoms in total. The number of para-hydroxylation sites is 2. The molecule has 0 saturated heterocycles. The monoisotopic (exact) mass is 327 g/mol. The largest absolute Gasteiger partial charge is 0.348 e. The Hall–Kier alpha value is -3.27. The van der Waals surface area contributed by atoms with E-state index < -0.39 is 0 Å². The summed E-state index contributed by atoms with van der Waals surface area (Å²) in [6, 6.07) is 21.3. The Morgan fingerprint density at radius 3 is 2.20 bits per heavy atom. The fourth-order valence-electron chi connectivity index (χ4n) is 2.75. The number of aromatic nitrogens is 2. The third kappa shape index (κ3) is 3.19. The normalized spacial score (nSPS) is 10.9. The maximum absolute atomic E-state index is 12.4. The first kappa shape index (κ1) is 15.3. The van der Waals surface area contributed by atoms with Crippen molar-refractivity contribution in [2.75, 3.05) is 0 Å². The number of hydrogen-bond acceptors (Lipinski definition) is 3. The Balaban J connectivity index is 1.58. The van der Waals surface area contributed by atoms with Gasteiger partial charge >= 0.3 is 0 Å². The van der Waals surface area contributed by atoms with E-state index in [1.165, 1.54) is 5.56 Å². The highest BCUT2D eigenvalue weighted by Crippen LogP contribution is 2.17. The predicted octanol–water partition coefficient (Wildman–Crippen LogP) is 4.02. The Morgan fingerprint density at radius 1 is 0.840 bits per heavy atom. The molecule has 0 radical (unpaired) electrons. The maximum Gasteiger partial charge on any atom is 0.251 e. The molecule has 0 bridgehead atoms. The van der Waals surface area contributed by atoms with Crippen molar-refractivity contribution in [3.63, 3.8) is 0 Å². The van der Waals surface area contributed by atoms with Crippen LogP contribution in [0, 0.1) is 6.92 Å². The second kappa shape index (κ2) is 6.32. The van der Waals surface area contributed by atoms with Crippen LogP contribution in [0.3, 0.4) is 0 Å². The lowest BCUT2D eigenvalue weighted by molar-refractivity contribution is 0.0951. The van der Waals surface area contributed by atoms with Gasteiger partial charge in [0.15, 0.2) is 0 Å². The second-order valence-electron chi connectivity index (χ2n) is 6.08. The molecule has 4 rings (SSSR count). The predicted molar refractivity (Wildman–Crippen MR) is 99.4 cm³/mol. The molecule has 0 saturated carbocycles. The number of benzene rings is 3. The highest BCUT2D eigenvalue weighted by molar-refractivity contribution is 5.98. The summed E-state index contributed by atoms with van der Waals surface area (Å²) in [7, 11) is 0. The van der Waals surface area contributed by atoms with Crippen LogP contribution in [0.15, 0.2) is 66.7 Å². The Labute approximate surface area is 145 Å². The van der Waals surface area contributed by atoms with Crippen molar-refractivity contribution in [3.05, 3.63) is 83.4 Å². The van der Waals surface area contributed by atoms with Gasteiger partial charge in [-0.25, -0.2) is 9.97 Å². The molecule has 0 atom stereocenters. The van der Waals surface area contributed by atoms with Crippen molar-refractivity contribution >= 4 is 28.0 Å². The molecule has 0 spiro atoms. The van der Waals surface area contributed by atoms with Gasteiger partial charge in [-0.3, -0.25) is 4.79 Å². The number of rotatable bonds is 3. The van der Waals surface area contributed by atoms with Crippen molar-refractivity contribution < 1.29 is 4.79 Å². The van der Waals surface area contributed by atoms with E-state index in [0.717, 1.165) is 27.6 Å². The molecule has 4 heteroatoms. The third-order valence-electron chi connectivity index (χ3n) is 4.17. The standard InChI is InChI=1S/C21H17N3O/c1-14-6-8-15(9-7-14)13-22-21(25)16-10-11-19-20(12-16)24-18-5-3-2-4-17(18)23-19/h2-12H,13H2,1H3,(H,22,25). The minimum atomic E-state index is -0.113. The molecule has 0 aliphatic rings. The van der Waals surface area contributed by atoms with E-state index in [1.807, 2.05) is 61.5 Å². The SMILES string of the molecule is Cc1ccc(CNC(=O)c2ccc3nc4ccccc4nc3c2)cc1. The van der Waals surface area contributed by atoms with Crippen LogP contribution in [-0.2, 0) is 6.54 Å². The minimum Gasteiger partial charge on any atom is -0.348 e. The van der Waals surface area contributed by atoms with Crippen LogP contribution >= 0.6 is 0 Å². The van der Waals surface area contributed by atoms with E-state index in [1.54, 1.807) is 12.1 Å². The molecule has 0 aliphatic carbocycles. The lowest BCUT2D eigenvalue weighted by atomic mass is 10.1. The zero-order valence-electron chi connectivity index (χ0n) is 13.9. The van der Waals surface area contributed by atoms with Gasteiger partial charge in [-0.1, -0.05) is 42.0 Å². The van der Waals surface area contributed by atoms with Gasteiger partial charge < -0.3 is 5.32 Å². The van der Waals surface area contributed by atoms with E-state index in [0.29, 0.717) is 12.1 Å². The summed E-state index contributed by atoms with van der Waals surface area (Å²) in [4.78, 5) is 21.6. The first-order valence-corrected chi connectivity index (χ1v) is 8.19. The number of aryl methyl sites for hydroxylation is 1. The van der Waals surface area contributed by atoms with Crippen LogP contribution in [0.2, 0.25) is 0 Å².